The minimum absolute atomic E-state index is 0.0875. The number of rotatable bonds is 5. The van der Waals surface area contributed by atoms with Gasteiger partial charge in [-0.3, -0.25) is 4.79 Å². The monoisotopic (exact) mass is 285 g/mol. The molecule has 1 N–H and O–H groups in total. The van der Waals surface area contributed by atoms with Crippen LogP contribution in [-0.2, 0) is 20.7 Å². The third kappa shape index (κ3) is 4.44. The number of halogens is 1. The molecule has 0 heterocycles. The SMILES string of the molecule is COC(=O)C(C)NC(=O)Cc1ccc(OC)cc1Cl. The van der Waals surface area contributed by atoms with E-state index in [1.165, 1.54) is 14.2 Å². The molecular formula is C13H16ClNO4. The molecule has 0 spiro atoms. The van der Waals surface area contributed by atoms with E-state index < -0.39 is 12.0 Å². The highest BCUT2D eigenvalue weighted by Crippen LogP contribution is 2.22. The summed E-state index contributed by atoms with van der Waals surface area (Å²) in [5, 5.41) is 2.98. The van der Waals surface area contributed by atoms with E-state index in [2.05, 4.69) is 10.1 Å². The molecule has 0 aliphatic carbocycles. The summed E-state index contributed by atoms with van der Waals surface area (Å²) in [6.07, 6.45) is 0.0875. The van der Waals surface area contributed by atoms with E-state index in [-0.39, 0.29) is 12.3 Å². The zero-order valence-electron chi connectivity index (χ0n) is 11.0. The van der Waals surface area contributed by atoms with E-state index in [4.69, 9.17) is 16.3 Å². The Morgan fingerprint density at radius 3 is 2.58 bits per heavy atom. The van der Waals surface area contributed by atoms with Crippen molar-refractivity contribution in [3.05, 3.63) is 28.8 Å². The summed E-state index contributed by atoms with van der Waals surface area (Å²) in [6, 6.07) is 4.38. The first kappa shape index (κ1) is 15.3. The Labute approximate surface area is 116 Å². The van der Waals surface area contributed by atoms with Gasteiger partial charge in [-0.25, -0.2) is 4.79 Å². The van der Waals surface area contributed by atoms with Gasteiger partial charge >= 0.3 is 5.97 Å². The maximum absolute atomic E-state index is 11.7. The van der Waals surface area contributed by atoms with Crippen molar-refractivity contribution < 1.29 is 19.1 Å². The Morgan fingerprint density at radius 2 is 2.05 bits per heavy atom. The summed E-state index contributed by atoms with van der Waals surface area (Å²) in [5.74, 6) is -0.170. The number of methoxy groups -OCH3 is 2. The predicted octanol–water partition coefficient (Wildman–Crippen LogP) is 1.57. The zero-order chi connectivity index (χ0) is 14.4. The van der Waals surface area contributed by atoms with Crippen molar-refractivity contribution in [3.8, 4) is 5.75 Å². The summed E-state index contributed by atoms with van der Waals surface area (Å²) in [6.45, 7) is 1.55. The van der Waals surface area contributed by atoms with E-state index in [9.17, 15) is 9.59 Å². The molecule has 0 aromatic heterocycles. The molecule has 0 saturated heterocycles. The van der Waals surface area contributed by atoms with Crippen molar-refractivity contribution in [1.29, 1.82) is 0 Å². The standard InChI is InChI=1S/C13H16ClNO4/c1-8(13(17)19-3)15-12(16)6-9-4-5-10(18-2)7-11(9)14/h4-5,7-8H,6H2,1-3H3,(H,15,16). The minimum atomic E-state index is -0.686. The second kappa shape index (κ2) is 6.99. The number of carbonyl (C=O) groups is 2. The van der Waals surface area contributed by atoms with E-state index in [1.54, 1.807) is 25.1 Å². The number of nitrogens with one attached hydrogen (secondary N) is 1. The van der Waals surface area contributed by atoms with Crippen molar-refractivity contribution in [2.75, 3.05) is 14.2 Å². The zero-order valence-corrected chi connectivity index (χ0v) is 11.8. The molecule has 6 heteroatoms. The van der Waals surface area contributed by atoms with Gasteiger partial charge in [0.05, 0.1) is 20.6 Å². The molecule has 5 nitrogen and oxygen atoms in total. The lowest BCUT2D eigenvalue weighted by Gasteiger charge is -2.12. The lowest BCUT2D eigenvalue weighted by molar-refractivity contribution is -0.144. The second-order valence-electron chi connectivity index (χ2n) is 3.95. The van der Waals surface area contributed by atoms with E-state index in [0.29, 0.717) is 16.3 Å². The average Bonchev–Trinajstić information content (AvgIpc) is 2.39. The molecular weight excluding hydrogens is 270 g/mol. The maximum Gasteiger partial charge on any atom is 0.328 e. The van der Waals surface area contributed by atoms with Crippen LogP contribution in [0.25, 0.3) is 0 Å². The largest absolute Gasteiger partial charge is 0.497 e. The fourth-order valence-corrected chi connectivity index (χ4v) is 1.74. The van der Waals surface area contributed by atoms with Gasteiger partial charge in [-0.1, -0.05) is 17.7 Å². The van der Waals surface area contributed by atoms with Crippen molar-refractivity contribution in [2.45, 2.75) is 19.4 Å². The van der Waals surface area contributed by atoms with Crippen LogP contribution in [0.4, 0.5) is 0 Å². The van der Waals surface area contributed by atoms with Crippen LogP contribution in [-0.4, -0.2) is 32.1 Å². The fourth-order valence-electron chi connectivity index (χ4n) is 1.50. The molecule has 104 valence electrons. The molecule has 0 aliphatic heterocycles. The number of amides is 1. The number of benzene rings is 1. The Morgan fingerprint density at radius 1 is 1.37 bits per heavy atom. The highest BCUT2D eigenvalue weighted by atomic mass is 35.5. The molecule has 1 unspecified atom stereocenters. The number of esters is 1. The number of carbonyl (C=O) groups excluding carboxylic acids is 2. The third-order valence-electron chi connectivity index (χ3n) is 2.54. The Kier molecular flexibility index (Phi) is 5.63. The molecule has 0 radical (unpaired) electrons. The number of hydrogen-bond acceptors (Lipinski definition) is 4. The van der Waals surface area contributed by atoms with Crippen molar-refractivity contribution >= 4 is 23.5 Å². The molecule has 1 atom stereocenters. The lowest BCUT2D eigenvalue weighted by atomic mass is 10.1. The van der Waals surface area contributed by atoms with Crippen molar-refractivity contribution in [2.24, 2.45) is 0 Å². The summed E-state index contributed by atoms with van der Waals surface area (Å²) in [7, 11) is 2.81. The molecule has 19 heavy (non-hydrogen) atoms. The Hall–Kier alpha value is -1.75. The van der Waals surface area contributed by atoms with Crippen LogP contribution in [0.2, 0.25) is 5.02 Å². The minimum Gasteiger partial charge on any atom is -0.497 e. The average molecular weight is 286 g/mol. The van der Waals surface area contributed by atoms with Gasteiger partial charge in [0.2, 0.25) is 5.91 Å². The van der Waals surface area contributed by atoms with Crippen LogP contribution in [0.3, 0.4) is 0 Å². The van der Waals surface area contributed by atoms with Crippen LogP contribution in [0.5, 0.6) is 5.75 Å². The van der Waals surface area contributed by atoms with Crippen LogP contribution in [0.15, 0.2) is 18.2 Å². The lowest BCUT2D eigenvalue weighted by Crippen LogP contribution is -2.39. The molecule has 1 aromatic carbocycles. The number of ether oxygens (including phenoxy) is 2. The Bertz CT molecular complexity index is 476. The van der Waals surface area contributed by atoms with Gasteiger partial charge in [-0.15, -0.1) is 0 Å². The van der Waals surface area contributed by atoms with Crippen molar-refractivity contribution in [1.82, 2.24) is 5.32 Å². The van der Waals surface area contributed by atoms with Crippen LogP contribution in [0.1, 0.15) is 12.5 Å². The van der Waals surface area contributed by atoms with Gasteiger partial charge in [-0.05, 0) is 24.6 Å². The fraction of sp³-hybridized carbons (Fsp3) is 0.385. The topological polar surface area (TPSA) is 64.6 Å². The van der Waals surface area contributed by atoms with E-state index in [1.807, 2.05) is 0 Å². The van der Waals surface area contributed by atoms with E-state index in [0.717, 1.165) is 0 Å². The maximum atomic E-state index is 11.7. The van der Waals surface area contributed by atoms with Gasteiger partial charge in [0, 0.05) is 5.02 Å². The first-order valence-electron chi connectivity index (χ1n) is 5.67. The highest BCUT2D eigenvalue weighted by Gasteiger charge is 2.16. The molecule has 1 aromatic rings. The van der Waals surface area contributed by atoms with Gasteiger partial charge in [0.1, 0.15) is 11.8 Å². The Balaban J connectivity index is 2.64. The smallest absolute Gasteiger partial charge is 0.328 e. The highest BCUT2D eigenvalue weighted by molar-refractivity contribution is 6.31. The van der Waals surface area contributed by atoms with Gasteiger partial charge in [-0.2, -0.15) is 0 Å². The van der Waals surface area contributed by atoms with Gasteiger partial charge in [0.15, 0.2) is 0 Å². The van der Waals surface area contributed by atoms with Crippen molar-refractivity contribution in [3.63, 3.8) is 0 Å². The van der Waals surface area contributed by atoms with Crippen LogP contribution < -0.4 is 10.1 Å². The first-order valence-corrected chi connectivity index (χ1v) is 6.05. The first-order chi connectivity index (χ1) is 8.97. The molecule has 1 amide bonds. The summed E-state index contributed by atoms with van der Waals surface area (Å²) < 4.78 is 9.54. The third-order valence-corrected chi connectivity index (χ3v) is 2.90. The quantitative estimate of drug-likeness (QED) is 0.834. The summed E-state index contributed by atoms with van der Waals surface area (Å²) >= 11 is 6.03. The van der Waals surface area contributed by atoms with E-state index >= 15 is 0 Å². The van der Waals surface area contributed by atoms with Gasteiger partial charge < -0.3 is 14.8 Å². The number of hydrogen-bond donors (Lipinski definition) is 1. The van der Waals surface area contributed by atoms with Crippen LogP contribution in [0, 0.1) is 0 Å². The normalized spacial score (nSPS) is 11.6. The van der Waals surface area contributed by atoms with Crippen LogP contribution >= 0.6 is 11.6 Å². The summed E-state index contributed by atoms with van der Waals surface area (Å²) in [5.41, 5.74) is 0.664. The predicted molar refractivity (Wildman–Crippen MR) is 71.3 cm³/mol. The van der Waals surface area contributed by atoms with Gasteiger partial charge in [0.25, 0.3) is 0 Å². The molecule has 0 bridgehead atoms. The molecule has 0 fully saturated rings. The second-order valence-corrected chi connectivity index (χ2v) is 4.35. The molecule has 0 aliphatic rings. The molecule has 1 rings (SSSR count). The molecule has 0 saturated carbocycles. The summed E-state index contributed by atoms with van der Waals surface area (Å²) in [4.78, 5) is 22.9.